The van der Waals surface area contributed by atoms with E-state index >= 15 is 0 Å². The molecule has 2 nitrogen and oxygen atoms in total. The highest BCUT2D eigenvalue weighted by molar-refractivity contribution is 5.77. The number of benzene rings is 3. The van der Waals surface area contributed by atoms with Crippen LogP contribution in [0.2, 0.25) is 0 Å². The van der Waals surface area contributed by atoms with Gasteiger partial charge in [0.2, 0.25) is 0 Å². The van der Waals surface area contributed by atoms with Crippen molar-refractivity contribution < 1.29 is 0 Å². The summed E-state index contributed by atoms with van der Waals surface area (Å²) in [5, 5.41) is 2.98. The molecule has 1 N–H and O–H groups in total. The molecule has 5 aromatic rings. The summed E-state index contributed by atoms with van der Waals surface area (Å²) in [5.74, 6) is 0. The number of nitrogens with zero attached hydrogens (tertiary/aromatic N) is 1. The van der Waals surface area contributed by atoms with E-state index in [4.69, 9.17) is 0 Å². The van der Waals surface area contributed by atoms with Crippen LogP contribution >= 0.6 is 0 Å². The summed E-state index contributed by atoms with van der Waals surface area (Å²) in [6.07, 6.45) is 14.4. The van der Waals surface area contributed by atoms with Crippen LogP contribution in [0.15, 0.2) is 122 Å². The molecule has 0 atom stereocenters. The van der Waals surface area contributed by atoms with Gasteiger partial charge in [-0.05, 0) is 93.8 Å². The van der Waals surface area contributed by atoms with Gasteiger partial charge in [-0.2, -0.15) is 0 Å². The Labute approximate surface area is 207 Å². The molecule has 0 unspecified atom stereocenters. The summed E-state index contributed by atoms with van der Waals surface area (Å²) >= 11 is 0. The van der Waals surface area contributed by atoms with Crippen LogP contribution in [-0.4, -0.2) is 9.97 Å². The average Bonchev–Trinajstić information content (AvgIpc) is 3.55. The predicted molar refractivity (Wildman–Crippen MR) is 146 cm³/mol. The first-order valence-corrected chi connectivity index (χ1v) is 12.3. The third kappa shape index (κ3) is 5.33. The third-order valence-electron chi connectivity index (χ3n) is 6.52. The lowest BCUT2D eigenvalue weighted by Crippen LogP contribution is -2.36. The molecule has 7 rings (SSSR count). The second kappa shape index (κ2) is 11.3. The fraction of sp³-hybridized carbons (Fsp3) is 0.121. The Hall–Kier alpha value is -4.17. The molecular weight excluding hydrogens is 424 g/mol. The van der Waals surface area contributed by atoms with Crippen LogP contribution in [0, 0.1) is 0 Å². The molecule has 0 bridgehead atoms. The maximum Gasteiger partial charge on any atom is 0.0267 e. The molecule has 35 heavy (non-hydrogen) atoms. The lowest BCUT2D eigenvalue weighted by molar-refractivity contribution is 0.818. The molecule has 0 fully saturated rings. The van der Waals surface area contributed by atoms with Gasteiger partial charge < -0.3 is 4.98 Å². The summed E-state index contributed by atoms with van der Waals surface area (Å²) in [4.78, 5) is 6.65. The monoisotopic (exact) mass is 454 g/mol. The summed E-state index contributed by atoms with van der Waals surface area (Å²) in [6, 6.07) is 34.1. The SMILES string of the molecule is C1=c2c(ccc3c2=C(c2ccccc2)CCC3)-c2ccccc2C1.c1cc[nH]c1.c1ccncc1. The molecule has 0 saturated heterocycles. The summed E-state index contributed by atoms with van der Waals surface area (Å²) in [5.41, 5.74) is 8.71. The van der Waals surface area contributed by atoms with Crippen molar-refractivity contribution in [2.75, 3.05) is 0 Å². The number of aryl methyl sites for hydroxylation is 1. The number of fused-ring (bicyclic) bond motifs is 5. The van der Waals surface area contributed by atoms with Crippen molar-refractivity contribution in [3.8, 4) is 11.1 Å². The Morgan fingerprint density at radius 1 is 0.600 bits per heavy atom. The zero-order chi connectivity index (χ0) is 23.7. The maximum atomic E-state index is 3.78. The van der Waals surface area contributed by atoms with Crippen LogP contribution in [0.25, 0.3) is 22.8 Å². The van der Waals surface area contributed by atoms with Crippen LogP contribution in [0.4, 0.5) is 0 Å². The number of nitrogens with one attached hydrogen (secondary N) is 1. The molecule has 2 heterocycles. The van der Waals surface area contributed by atoms with Crippen LogP contribution in [0.1, 0.15) is 29.5 Å². The highest BCUT2D eigenvalue weighted by Gasteiger charge is 2.17. The van der Waals surface area contributed by atoms with Crippen molar-refractivity contribution in [1.29, 1.82) is 0 Å². The number of hydrogen-bond acceptors (Lipinski definition) is 1. The van der Waals surface area contributed by atoms with E-state index in [1.54, 1.807) is 12.4 Å². The molecule has 2 aromatic heterocycles. The van der Waals surface area contributed by atoms with Crippen LogP contribution in [-0.2, 0) is 12.8 Å². The average molecular weight is 455 g/mol. The van der Waals surface area contributed by atoms with Crippen molar-refractivity contribution in [1.82, 2.24) is 9.97 Å². The molecule has 0 spiro atoms. The number of H-pyrrole nitrogens is 1. The largest absolute Gasteiger partial charge is 0.368 e. The van der Waals surface area contributed by atoms with E-state index in [2.05, 4.69) is 82.8 Å². The van der Waals surface area contributed by atoms with Crippen LogP contribution in [0.5, 0.6) is 0 Å². The highest BCUT2D eigenvalue weighted by atomic mass is 14.6. The van der Waals surface area contributed by atoms with E-state index in [1.807, 2.05) is 42.7 Å². The van der Waals surface area contributed by atoms with Crippen molar-refractivity contribution in [3.63, 3.8) is 0 Å². The first-order valence-electron chi connectivity index (χ1n) is 12.3. The number of aromatic amines is 1. The van der Waals surface area contributed by atoms with E-state index in [0.29, 0.717) is 0 Å². The summed E-state index contributed by atoms with van der Waals surface area (Å²) in [7, 11) is 0. The van der Waals surface area contributed by atoms with Gasteiger partial charge in [0.15, 0.2) is 0 Å². The molecule has 2 aliphatic rings. The minimum absolute atomic E-state index is 1.04. The summed E-state index contributed by atoms with van der Waals surface area (Å²) in [6.45, 7) is 0. The van der Waals surface area contributed by atoms with Crippen LogP contribution in [0.3, 0.4) is 0 Å². The number of hydrogen-bond donors (Lipinski definition) is 1. The van der Waals surface area contributed by atoms with Crippen molar-refractivity contribution in [2.45, 2.75) is 25.7 Å². The number of rotatable bonds is 1. The fourth-order valence-electron chi connectivity index (χ4n) is 4.95. The Balaban J connectivity index is 0.000000190. The van der Waals surface area contributed by atoms with Gasteiger partial charge in [0.05, 0.1) is 0 Å². The van der Waals surface area contributed by atoms with E-state index < -0.39 is 0 Å². The zero-order valence-electron chi connectivity index (χ0n) is 19.9. The van der Waals surface area contributed by atoms with Gasteiger partial charge in [-0.15, -0.1) is 0 Å². The van der Waals surface area contributed by atoms with Crippen molar-refractivity contribution >= 4 is 11.6 Å². The fourth-order valence-corrected chi connectivity index (χ4v) is 4.95. The molecule has 2 heteroatoms. The van der Waals surface area contributed by atoms with Gasteiger partial charge in [0, 0.05) is 24.8 Å². The topological polar surface area (TPSA) is 28.7 Å². The van der Waals surface area contributed by atoms with Crippen LogP contribution < -0.4 is 10.4 Å². The molecular formula is C33H30N2. The molecule has 0 amide bonds. The van der Waals surface area contributed by atoms with E-state index in [-0.39, 0.29) is 0 Å². The molecule has 0 aliphatic heterocycles. The Kier molecular flexibility index (Phi) is 7.30. The molecule has 0 saturated carbocycles. The second-order valence-corrected chi connectivity index (χ2v) is 8.73. The Morgan fingerprint density at radius 2 is 1.34 bits per heavy atom. The minimum Gasteiger partial charge on any atom is -0.368 e. The van der Waals surface area contributed by atoms with Gasteiger partial charge in [-0.25, -0.2) is 0 Å². The Morgan fingerprint density at radius 3 is 2.03 bits per heavy atom. The molecule has 2 aliphatic carbocycles. The zero-order valence-corrected chi connectivity index (χ0v) is 19.9. The standard InChI is InChI=1S/C24H20.C5H5N.C4H5N/c1-2-7-17(8-3-1)21-12-6-10-19-14-15-22-20-11-5-4-9-18(20)13-16-23(22)24(19)21;1-2-4-6-5-3-1;1-2-4-5-3-1/h1-5,7-9,11,14-16H,6,10,12-13H2;1-5H;1-5H. The number of aromatic nitrogens is 2. The van der Waals surface area contributed by atoms with Gasteiger partial charge in [-0.3, -0.25) is 4.98 Å². The number of pyridine rings is 1. The minimum atomic E-state index is 1.04. The summed E-state index contributed by atoms with van der Waals surface area (Å²) < 4.78 is 0. The lowest BCUT2D eigenvalue weighted by atomic mass is 9.83. The van der Waals surface area contributed by atoms with Gasteiger partial charge in [-0.1, -0.05) is 78.9 Å². The maximum absolute atomic E-state index is 3.78. The van der Waals surface area contributed by atoms with E-state index in [1.165, 1.54) is 63.1 Å². The second-order valence-electron chi connectivity index (χ2n) is 8.73. The predicted octanol–water partition coefficient (Wildman–Crippen LogP) is 6.32. The molecule has 172 valence electrons. The lowest BCUT2D eigenvalue weighted by Gasteiger charge is -2.21. The Bertz CT molecular complexity index is 1420. The van der Waals surface area contributed by atoms with Crippen molar-refractivity contribution in [3.05, 3.63) is 149 Å². The van der Waals surface area contributed by atoms with E-state index in [0.717, 1.165) is 6.42 Å². The van der Waals surface area contributed by atoms with Gasteiger partial charge in [0.1, 0.15) is 0 Å². The molecule has 0 radical (unpaired) electrons. The molecule has 3 aromatic carbocycles. The van der Waals surface area contributed by atoms with Gasteiger partial charge >= 0.3 is 0 Å². The highest BCUT2D eigenvalue weighted by Crippen LogP contribution is 2.27. The normalized spacial score (nSPS) is 12.9. The quantitative estimate of drug-likeness (QED) is 0.315. The van der Waals surface area contributed by atoms with Gasteiger partial charge in [0.25, 0.3) is 0 Å². The third-order valence-corrected chi connectivity index (χ3v) is 6.52. The van der Waals surface area contributed by atoms with Crippen molar-refractivity contribution in [2.24, 2.45) is 0 Å². The first-order chi connectivity index (χ1) is 17.4. The first kappa shape index (κ1) is 22.6. The smallest absolute Gasteiger partial charge is 0.0267 e. The van der Waals surface area contributed by atoms with E-state index in [9.17, 15) is 0 Å².